The molecule has 1 aromatic heterocycles. The number of carbonyl (C=O) groups excluding carboxylic acids is 1. The molecular weight excluding hydrogens is 432 g/mol. The predicted octanol–water partition coefficient (Wildman–Crippen LogP) is 5.27. The number of nitrogens with one attached hydrogen (secondary N) is 1. The lowest BCUT2D eigenvalue weighted by atomic mass is 9.98. The number of benzene rings is 3. The van der Waals surface area contributed by atoms with Crippen molar-refractivity contribution in [2.45, 2.75) is 6.04 Å². The molecule has 3 aromatic carbocycles. The second-order valence-corrected chi connectivity index (χ2v) is 9.02. The van der Waals surface area contributed by atoms with E-state index in [2.05, 4.69) is 16.3 Å². The van der Waals surface area contributed by atoms with E-state index in [-0.39, 0.29) is 11.9 Å². The molecule has 0 unspecified atom stereocenters. The van der Waals surface area contributed by atoms with E-state index in [0.29, 0.717) is 18.1 Å². The molecule has 0 saturated carbocycles. The van der Waals surface area contributed by atoms with Crippen LogP contribution < -0.4 is 15.0 Å². The first-order chi connectivity index (χ1) is 16.2. The maximum atomic E-state index is 13.5. The summed E-state index contributed by atoms with van der Waals surface area (Å²) in [4.78, 5) is 16.5. The summed E-state index contributed by atoms with van der Waals surface area (Å²) in [6, 6.07) is 25.9. The molecule has 1 fully saturated rings. The first-order valence-electron chi connectivity index (χ1n) is 11.1. The zero-order valence-electron chi connectivity index (χ0n) is 18.5. The fourth-order valence-corrected chi connectivity index (χ4v) is 5.40. The van der Waals surface area contributed by atoms with Crippen molar-refractivity contribution in [3.8, 4) is 5.75 Å². The van der Waals surface area contributed by atoms with Crippen molar-refractivity contribution in [1.82, 2.24) is 5.32 Å². The van der Waals surface area contributed by atoms with Gasteiger partial charge in [-0.2, -0.15) is 0 Å². The maximum Gasteiger partial charge on any atom is 0.262 e. The van der Waals surface area contributed by atoms with Crippen LogP contribution in [0.1, 0.15) is 26.8 Å². The van der Waals surface area contributed by atoms with Gasteiger partial charge >= 0.3 is 0 Å². The lowest BCUT2D eigenvalue weighted by Crippen LogP contribution is -2.36. The molecule has 33 heavy (non-hydrogen) atoms. The smallest absolute Gasteiger partial charge is 0.262 e. The Morgan fingerprint density at radius 3 is 2.21 bits per heavy atom. The van der Waals surface area contributed by atoms with E-state index in [1.54, 1.807) is 7.11 Å². The van der Waals surface area contributed by atoms with Crippen molar-refractivity contribution in [1.29, 1.82) is 0 Å². The van der Waals surface area contributed by atoms with E-state index in [4.69, 9.17) is 9.47 Å². The Balaban J connectivity index is 1.51. The zero-order chi connectivity index (χ0) is 22.6. The number of amides is 1. The number of hydrogen-bond acceptors (Lipinski definition) is 5. The number of morpholine rings is 1. The summed E-state index contributed by atoms with van der Waals surface area (Å²) in [5.41, 5.74) is 3.22. The van der Waals surface area contributed by atoms with Gasteiger partial charge in [0, 0.05) is 18.5 Å². The second kappa shape index (κ2) is 9.65. The molecule has 0 aliphatic carbocycles. The third kappa shape index (κ3) is 4.45. The summed E-state index contributed by atoms with van der Waals surface area (Å²) < 4.78 is 12.2. The molecule has 2 heterocycles. The minimum Gasteiger partial charge on any atom is -0.496 e. The number of methoxy groups -OCH3 is 1. The van der Waals surface area contributed by atoms with Gasteiger partial charge in [0.05, 0.1) is 41.6 Å². The van der Waals surface area contributed by atoms with Crippen molar-refractivity contribution < 1.29 is 14.3 Å². The van der Waals surface area contributed by atoms with Gasteiger partial charge in [0.25, 0.3) is 5.91 Å². The average molecular weight is 459 g/mol. The standard InChI is InChI=1S/C27H26N2O3S/c1-31-23-13-12-22(29-14-16-32-17-15-29)26-21(23)18-24(33-26)27(30)28-25(19-8-4-2-5-9-19)20-10-6-3-7-11-20/h2-13,18,25H,14-17H2,1H3,(H,28,30). The second-order valence-electron chi connectivity index (χ2n) is 7.97. The Kier molecular flexibility index (Phi) is 6.28. The van der Waals surface area contributed by atoms with Gasteiger partial charge in [-0.1, -0.05) is 60.7 Å². The van der Waals surface area contributed by atoms with Crippen molar-refractivity contribution in [3.05, 3.63) is 94.9 Å². The summed E-state index contributed by atoms with van der Waals surface area (Å²) in [5.74, 6) is 0.684. The molecule has 1 aliphatic heterocycles. The number of carbonyl (C=O) groups is 1. The molecule has 168 valence electrons. The van der Waals surface area contributed by atoms with E-state index in [9.17, 15) is 4.79 Å². The fraction of sp³-hybridized carbons (Fsp3) is 0.222. The summed E-state index contributed by atoms with van der Waals surface area (Å²) in [5, 5.41) is 4.23. The molecule has 6 heteroatoms. The molecule has 0 spiro atoms. The summed E-state index contributed by atoms with van der Waals surface area (Å²) in [6.07, 6.45) is 0. The van der Waals surface area contributed by atoms with Crippen molar-refractivity contribution in [3.63, 3.8) is 0 Å². The van der Waals surface area contributed by atoms with Crippen LogP contribution in [0.3, 0.4) is 0 Å². The van der Waals surface area contributed by atoms with E-state index in [1.165, 1.54) is 11.3 Å². The molecule has 0 atom stereocenters. The van der Waals surface area contributed by atoms with Gasteiger partial charge in [0.15, 0.2) is 0 Å². The summed E-state index contributed by atoms with van der Waals surface area (Å²) >= 11 is 1.51. The van der Waals surface area contributed by atoms with E-state index in [0.717, 1.165) is 45.7 Å². The van der Waals surface area contributed by atoms with E-state index >= 15 is 0 Å². The Labute approximate surface area is 197 Å². The van der Waals surface area contributed by atoms with Gasteiger partial charge in [-0.15, -0.1) is 11.3 Å². The van der Waals surface area contributed by atoms with Gasteiger partial charge in [0.1, 0.15) is 5.75 Å². The highest BCUT2D eigenvalue weighted by Crippen LogP contribution is 2.40. The van der Waals surface area contributed by atoms with Crippen molar-refractivity contribution in [2.75, 3.05) is 38.3 Å². The molecule has 1 N–H and O–H groups in total. The van der Waals surface area contributed by atoms with E-state index in [1.807, 2.05) is 72.8 Å². The Morgan fingerprint density at radius 2 is 1.61 bits per heavy atom. The Hall–Kier alpha value is -3.35. The van der Waals surface area contributed by atoms with Crippen LogP contribution in [0.15, 0.2) is 78.9 Å². The van der Waals surface area contributed by atoms with Gasteiger partial charge in [0.2, 0.25) is 0 Å². The Bertz CT molecular complexity index is 1190. The fourth-order valence-electron chi connectivity index (χ4n) is 4.28. The molecule has 1 amide bonds. The molecule has 1 saturated heterocycles. The molecule has 5 nitrogen and oxygen atoms in total. The van der Waals surface area contributed by atoms with Gasteiger partial charge < -0.3 is 19.7 Å². The van der Waals surface area contributed by atoms with Crippen LogP contribution in [-0.4, -0.2) is 39.3 Å². The quantitative estimate of drug-likeness (QED) is 0.428. The van der Waals surface area contributed by atoms with Crippen LogP contribution >= 0.6 is 11.3 Å². The first kappa shape index (κ1) is 21.5. The highest BCUT2D eigenvalue weighted by molar-refractivity contribution is 7.21. The number of thiophene rings is 1. The first-order valence-corrected chi connectivity index (χ1v) is 11.9. The highest BCUT2D eigenvalue weighted by Gasteiger charge is 2.22. The third-order valence-electron chi connectivity index (χ3n) is 5.96. The minimum absolute atomic E-state index is 0.0936. The topological polar surface area (TPSA) is 50.8 Å². The monoisotopic (exact) mass is 458 g/mol. The van der Waals surface area contributed by atoms with E-state index < -0.39 is 0 Å². The molecule has 5 rings (SSSR count). The number of anilines is 1. The van der Waals surface area contributed by atoms with Crippen molar-refractivity contribution >= 4 is 33.0 Å². The summed E-state index contributed by atoms with van der Waals surface area (Å²) in [7, 11) is 1.67. The minimum atomic E-state index is -0.231. The van der Waals surface area contributed by atoms with Gasteiger partial charge in [-0.25, -0.2) is 0 Å². The summed E-state index contributed by atoms with van der Waals surface area (Å²) in [6.45, 7) is 3.10. The van der Waals surface area contributed by atoms with Crippen molar-refractivity contribution in [2.24, 2.45) is 0 Å². The number of hydrogen-bond donors (Lipinski definition) is 1. The predicted molar refractivity (Wildman–Crippen MR) is 134 cm³/mol. The van der Waals surface area contributed by atoms with Crippen LogP contribution in [0, 0.1) is 0 Å². The number of nitrogens with zero attached hydrogens (tertiary/aromatic N) is 1. The largest absolute Gasteiger partial charge is 0.496 e. The molecule has 0 bridgehead atoms. The van der Waals surface area contributed by atoms with Gasteiger partial charge in [-0.3, -0.25) is 4.79 Å². The average Bonchev–Trinajstić information content (AvgIpc) is 3.34. The highest BCUT2D eigenvalue weighted by atomic mass is 32.1. The molecule has 1 aliphatic rings. The lowest BCUT2D eigenvalue weighted by Gasteiger charge is -2.29. The van der Waals surface area contributed by atoms with Crippen LogP contribution in [0.4, 0.5) is 5.69 Å². The molecular formula is C27H26N2O3S. The number of ether oxygens (including phenoxy) is 2. The SMILES string of the molecule is COc1ccc(N2CCOCC2)c2sc(C(=O)NC(c3ccccc3)c3ccccc3)cc12. The molecule has 4 aromatic rings. The lowest BCUT2D eigenvalue weighted by molar-refractivity contribution is 0.0947. The van der Waals surface area contributed by atoms with Crippen LogP contribution in [0.2, 0.25) is 0 Å². The van der Waals surface area contributed by atoms with Crippen LogP contribution in [0.5, 0.6) is 5.75 Å². The Morgan fingerprint density at radius 1 is 0.970 bits per heavy atom. The zero-order valence-corrected chi connectivity index (χ0v) is 19.3. The number of fused-ring (bicyclic) bond motifs is 1. The van der Waals surface area contributed by atoms with Crippen LogP contribution in [-0.2, 0) is 4.74 Å². The maximum absolute atomic E-state index is 13.5. The normalized spacial score (nSPS) is 13.9. The van der Waals surface area contributed by atoms with Crippen LogP contribution in [0.25, 0.3) is 10.1 Å². The number of rotatable bonds is 6. The molecule has 0 radical (unpaired) electrons. The van der Waals surface area contributed by atoms with Gasteiger partial charge in [-0.05, 0) is 29.3 Å². The third-order valence-corrected chi connectivity index (χ3v) is 7.12.